The number of hydrogen-bond acceptors (Lipinski definition) is 4. The molecule has 0 amide bonds. The van der Waals surface area contributed by atoms with E-state index in [4.69, 9.17) is 5.26 Å². The predicted molar refractivity (Wildman–Crippen MR) is 72.3 cm³/mol. The van der Waals surface area contributed by atoms with E-state index in [0.717, 1.165) is 5.82 Å². The van der Waals surface area contributed by atoms with Crippen LogP contribution in [0.5, 0.6) is 0 Å². The van der Waals surface area contributed by atoms with E-state index in [1.165, 1.54) is 18.4 Å². The lowest BCUT2D eigenvalue weighted by Crippen LogP contribution is -2.14. The van der Waals surface area contributed by atoms with E-state index >= 15 is 0 Å². The first-order valence-electron chi connectivity index (χ1n) is 6.39. The van der Waals surface area contributed by atoms with Crippen molar-refractivity contribution >= 4 is 5.82 Å². The molecule has 2 aromatic heterocycles. The Morgan fingerprint density at radius 2 is 2.16 bits per heavy atom. The third-order valence-corrected chi connectivity index (χ3v) is 3.33. The quantitative estimate of drug-likeness (QED) is 0.906. The minimum absolute atomic E-state index is 0.258. The van der Waals surface area contributed by atoms with Crippen molar-refractivity contribution in [1.82, 2.24) is 9.97 Å². The Hall–Kier alpha value is -2.41. The Kier molecular flexibility index (Phi) is 3.11. The van der Waals surface area contributed by atoms with Gasteiger partial charge in [-0.3, -0.25) is 4.98 Å². The van der Waals surface area contributed by atoms with E-state index in [9.17, 15) is 0 Å². The van der Waals surface area contributed by atoms with E-state index in [-0.39, 0.29) is 6.04 Å². The molecule has 2 heterocycles. The van der Waals surface area contributed by atoms with Crippen molar-refractivity contribution in [2.75, 3.05) is 5.32 Å². The number of anilines is 1. The molecule has 2 aromatic rings. The van der Waals surface area contributed by atoms with Gasteiger partial charge in [0.1, 0.15) is 11.9 Å². The number of rotatable bonds is 4. The molecule has 94 valence electrons. The average molecular weight is 250 g/mol. The lowest BCUT2D eigenvalue weighted by molar-refractivity contribution is 0.672. The first-order chi connectivity index (χ1) is 9.36. The summed E-state index contributed by atoms with van der Waals surface area (Å²) in [4.78, 5) is 8.45. The van der Waals surface area contributed by atoms with Crippen molar-refractivity contribution in [3.8, 4) is 6.07 Å². The minimum Gasteiger partial charge on any atom is -0.363 e. The molecule has 0 aromatic carbocycles. The highest BCUT2D eigenvalue weighted by Crippen LogP contribution is 2.42. The number of nitriles is 1. The fourth-order valence-electron chi connectivity index (χ4n) is 2.17. The van der Waals surface area contributed by atoms with E-state index in [1.807, 2.05) is 18.3 Å². The van der Waals surface area contributed by atoms with Gasteiger partial charge in [-0.15, -0.1) is 0 Å². The molecule has 0 aliphatic heterocycles. The number of aromatic nitrogens is 2. The van der Waals surface area contributed by atoms with Gasteiger partial charge in [0.2, 0.25) is 0 Å². The van der Waals surface area contributed by atoms with E-state index in [0.29, 0.717) is 11.5 Å². The second kappa shape index (κ2) is 5.07. The first-order valence-corrected chi connectivity index (χ1v) is 6.39. The summed E-state index contributed by atoms with van der Waals surface area (Å²) in [5.74, 6) is 1.46. The molecule has 1 N–H and O–H groups in total. The van der Waals surface area contributed by atoms with Crippen LogP contribution in [0, 0.1) is 17.2 Å². The van der Waals surface area contributed by atoms with Crippen molar-refractivity contribution in [3.63, 3.8) is 0 Å². The highest BCUT2D eigenvalue weighted by molar-refractivity contribution is 5.42. The molecule has 1 atom stereocenters. The number of hydrogen-bond donors (Lipinski definition) is 1. The van der Waals surface area contributed by atoms with Gasteiger partial charge >= 0.3 is 0 Å². The molecule has 4 nitrogen and oxygen atoms in total. The zero-order valence-electron chi connectivity index (χ0n) is 10.5. The number of pyridine rings is 2. The maximum absolute atomic E-state index is 8.77. The Balaban J connectivity index is 1.80. The van der Waals surface area contributed by atoms with E-state index < -0.39 is 0 Å². The Labute approximate surface area is 112 Å². The average Bonchev–Trinajstić information content (AvgIpc) is 3.31. The van der Waals surface area contributed by atoms with Gasteiger partial charge in [0.15, 0.2) is 0 Å². The van der Waals surface area contributed by atoms with Gasteiger partial charge < -0.3 is 5.32 Å². The summed E-state index contributed by atoms with van der Waals surface area (Å²) in [5, 5.41) is 12.2. The molecule has 4 heteroatoms. The Morgan fingerprint density at radius 3 is 2.74 bits per heavy atom. The third-order valence-electron chi connectivity index (χ3n) is 3.33. The third kappa shape index (κ3) is 2.71. The highest BCUT2D eigenvalue weighted by atomic mass is 15.0. The molecule has 0 saturated heterocycles. The Morgan fingerprint density at radius 1 is 1.26 bits per heavy atom. The molecule has 0 radical (unpaired) electrons. The molecular weight excluding hydrogens is 236 g/mol. The summed E-state index contributed by atoms with van der Waals surface area (Å²) in [6.45, 7) is 0. The topological polar surface area (TPSA) is 61.6 Å². The fourth-order valence-corrected chi connectivity index (χ4v) is 2.17. The standard InChI is InChI=1S/C15H14N4/c16-8-11-3-6-14(18-9-11)19-15(12-4-5-12)13-2-1-7-17-10-13/h1-3,6-7,9-10,12,15H,4-5H2,(H,18,19)/t15-/m0/s1. The van der Waals surface area contributed by atoms with E-state index in [2.05, 4.69) is 27.4 Å². The molecule has 0 unspecified atom stereocenters. The van der Waals surface area contributed by atoms with Crippen LogP contribution in [-0.4, -0.2) is 9.97 Å². The van der Waals surface area contributed by atoms with Crippen LogP contribution in [0.15, 0.2) is 42.9 Å². The van der Waals surface area contributed by atoms with Crippen molar-refractivity contribution in [3.05, 3.63) is 54.0 Å². The largest absolute Gasteiger partial charge is 0.363 e. The summed E-state index contributed by atoms with van der Waals surface area (Å²) in [5.41, 5.74) is 1.77. The van der Waals surface area contributed by atoms with Crippen LogP contribution in [0.25, 0.3) is 0 Å². The lowest BCUT2D eigenvalue weighted by atomic mass is 10.0. The molecule has 1 fully saturated rings. The molecule has 19 heavy (non-hydrogen) atoms. The van der Waals surface area contributed by atoms with Crippen molar-refractivity contribution in [2.45, 2.75) is 18.9 Å². The van der Waals surface area contributed by atoms with Gasteiger partial charge in [-0.05, 0) is 42.5 Å². The van der Waals surface area contributed by atoms with E-state index in [1.54, 1.807) is 18.5 Å². The summed E-state index contributed by atoms with van der Waals surface area (Å²) >= 11 is 0. The summed E-state index contributed by atoms with van der Waals surface area (Å²) in [6, 6.07) is 10.0. The van der Waals surface area contributed by atoms with Crippen LogP contribution in [0.2, 0.25) is 0 Å². The second-order valence-electron chi connectivity index (χ2n) is 4.79. The lowest BCUT2D eigenvalue weighted by Gasteiger charge is -2.18. The fraction of sp³-hybridized carbons (Fsp3) is 0.267. The SMILES string of the molecule is N#Cc1ccc(N[C@H](c2cccnc2)C2CC2)nc1. The van der Waals surface area contributed by atoms with Gasteiger partial charge in [-0.25, -0.2) is 4.98 Å². The smallest absolute Gasteiger partial charge is 0.126 e. The van der Waals surface area contributed by atoms with Crippen molar-refractivity contribution in [2.24, 2.45) is 5.92 Å². The molecule has 1 saturated carbocycles. The maximum Gasteiger partial charge on any atom is 0.126 e. The Bertz CT molecular complexity index is 582. The van der Waals surface area contributed by atoms with Gasteiger partial charge in [0.05, 0.1) is 11.6 Å². The van der Waals surface area contributed by atoms with Crippen molar-refractivity contribution in [1.29, 1.82) is 5.26 Å². The number of nitrogens with zero attached hydrogens (tertiary/aromatic N) is 3. The molecule has 0 bridgehead atoms. The minimum atomic E-state index is 0.258. The van der Waals surface area contributed by atoms with Gasteiger partial charge in [0, 0.05) is 18.6 Å². The van der Waals surface area contributed by atoms with Crippen LogP contribution < -0.4 is 5.32 Å². The van der Waals surface area contributed by atoms with Gasteiger partial charge in [-0.2, -0.15) is 5.26 Å². The molecule has 3 rings (SSSR count). The molecular formula is C15H14N4. The predicted octanol–water partition coefficient (Wildman–Crippen LogP) is 2.91. The van der Waals surface area contributed by atoms with Crippen LogP contribution in [0.4, 0.5) is 5.82 Å². The normalized spacial score (nSPS) is 15.5. The van der Waals surface area contributed by atoms with Crippen molar-refractivity contribution < 1.29 is 0 Å². The van der Waals surface area contributed by atoms with Gasteiger partial charge in [0.25, 0.3) is 0 Å². The van der Waals surface area contributed by atoms with Crippen LogP contribution in [0.1, 0.15) is 30.0 Å². The van der Waals surface area contributed by atoms with Gasteiger partial charge in [-0.1, -0.05) is 6.07 Å². The van der Waals surface area contributed by atoms with Crippen LogP contribution >= 0.6 is 0 Å². The molecule has 1 aliphatic carbocycles. The monoisotopic (exact) mass is 250 g/mol. The van der Waals surface area contributed by atoms with Crippen LogP contribution in [-0.2, 0) is 0 Å². The van der Waals surface area contributed by atoms with Crippen LogP contribution in [0.3, 0.4) is 0 Å². The first kappa shape index (κ1) is 11.7. The summed E-state index contributed by atoms with van der Waals surface area (Å²) in [6.07, 6.45) is 7.76. The maximum atomic E-state index is 8.77. The number of nitrogens with one attached hydrogen (secondary N) is 1. The molecule has 0 spiro atoms. The highest BCUT2D eigenvalue weighted by Gasteiger charge is 2.32. The summed E-state index contributed by atoms with van der Waals surface area (Å²) < 4.78 is 0. The summed E-state index contributed by atoms with van der Waals surface area (Å²) in [7, 11) is 0. The second-order valence-corrected chi connectivity index (χ2v) is 4.79. The zero-order chi connectivity index (χ0) is 13.1. The zero-order valence-corrected chi connectivity index (χ0v) is 10.5. The molecule has 1 aliphatic rings.